The molecule has 0 atom stereocenters. The number of hydrogen-bond acceptors (Lipinski definition) is 4. The minimum Gasteiger partial charge on any atom is -0.497 e. The minimum atomic E-state index is -3.82. The number of amides is 1. The van der Waals surface area contributed by atoms with Crippen LogP contribution in [0.25, 0.3) is 0 Å². The van der Waals surface area contributed by atoms with E-state index in [4.69, 9.17) is 4.74 Å². The van der Waals surface area contributed by atoms with Gasteiger partial charge in [-0.15, -0.1) is 0 Å². The Morgan fingerprint density at radius 1 is 0.967 bits per heavy atom. The molecule has 7 heteroatoms. The van der Waals surface area contributed by atoms with Crippen LogP contribution in [0.2, 0.25) is 0 Å². The van der Waals surface area contributed by atoms with Gasteiger partial charge in [0.2, 0.25) is 0 Å². The quantitative estimate of drug-likeness (QED) is 0.612. The molecule has 0 aliphatic carbocycles. The van der Waals surface area contributed by atoms with E-state index >= 15 is 0 Å². The molecule has 0 unspecified atom stereocenters. The number of para-hydroxylation sites is 1. The second kappa shape index (κ2) is 9.00. The Morgan fingerprint density at radius 3 is 2.20 bits per heavy atom. The van der Waals surface area contributed by atoms with Crippen LogP contribution in [0.15, 0.2) is 77.7 Å². The van der Waals surface area contributed by atoms with Crippen LogP contribution in [0.5, 0.6) is 5.75 Å². The summed E-state index contributed by atoms with van der Waals surface area (Å²) < 4.78 is 32.5. The summed E-state index contributed by atoms with van der Waals surface area (Å²) in [6.07, 6.45) is 0.824. The van der Waals surface area contributed by atoms with Crippen LogP contribution >= 0.6 is 0 Å². The number of sulfonamides is 1. The minimum absolute atomic E-state index is 0.174. The van der Waals surface area contributed by atoms with Gasteiger partial charge in [-0.3, -0.25) is 9.10 Å². The normalized spacial score (nSPS) is 11.0. The Labute approximate surface area is 177 Å². The molecule has 0 aliphatic rings. The number of nitrogens with zero attached hydrogens (tertiary/aromatic N) is 1. The van der Waals surface area contributed by atoms with E-state index in [2.05, 4.69) is 5.32 Å². The van der Waals surface area contributed by atoms with Crippen molar-refractivity contribution in [3.05, 3.63) is 83.9 Å². The third-order valence-corrected chi connectivity index (χ3v) is 6.61. The first-order chi connectivity index (χ1) is 14.4. The molecular formula is C23H24N2O4S. The van der Waals surface area contributed by atoms with Crippen LogP contribution < -0.4 is 14.4 Å². The number of anilines is 2. The first kappa shape index (κ1) is 21.4. The van der Waals surface area contributed by atoms with Crippen molar-refractivity contribution in [1.82, 2.24) is 0 Å². The number of methoxy groups -OCH3 is 1. The number of benzene rings is 3. The fourth-order valence-electron chi connectivity index (χ4n) is 3.00. The second-order valence-corrected chi connectivity index (χ2v) is 8.64. The molecule has 0 fully saturated rings. The standard InChI is InChI=1S/C23H24N2O4S/c1-4-17-9-15-20(16-10-17)30(27,28)25(2)22-8-6-5-7-21(22)23(26)24-18-11-13-19(29-3)14-12-18/h5-16H,4H2,1-3H3,(H,24,26). The molecule has 3 aromatic rings. The summed E-state index contributed by atoms with van der Waals surface area (Å²) >= 11 is 0. The van der Waals surface area contributed by atoms with Gasteiger partial charge in [0.25, 0.3) is 15.9 Å². The van der Waals surface area contributed by atoms with Gasteiger partial charge in [0, 0.05) is 12.7 Å². The highest BCUT2D eigenvalue weighted by Gasteiger charge is 2.25. The van der Waals surface area contributed by atoms with Crippen molar-refractivity contribution < 1.29 is 17.9 Å². The smallest absolute Gasteiger partial charge is 0.264 e. The van der Waals surface area contributed by atoms with Crippen molar-refractivity contribution in [3.8, 4) is 5.75 Å². The summed E-state index contributed by atoms with van der Waals surface area (Å²) in [5, 5.41) is 2.80. The molecule has 1 amide bonds. The van der Waals surface area contributed by atoms with E-state index < -0.39 is 15.9 Å². The largest absolute Gasteiger partial charge is 0.497 e. The fraction of sp³-hybridized carbons (Fsp3) is 0.174. The molecule has 30 heavy (non-hydrogen) atoms. The summed E-state index contributed by atoms with van der Waals surface area (Å²) in [4.78, 5) is 13.1. The van der Waals surface area contributed by atoms with Crippen LogP contribution in [-0.2, 0) is 16.4 Å². The number of ether oxygens (including phenoxy) is 1. The molecule has 0 saturated carbocycles. The van der Waals surface area contributed by atoms with Crippen molar-refractivity contribution in [2.75, 3.05) is 23.8 Å². The van der Waals surface area contributed by atoms with Crippen LogP contribution in [0.3, 0.4) is 0 Å². The zero-order valence-electron chi connectivity index (χ0n) is 17.1. The lowest BCUT2D eigenvalue weighted by atomic mass is 10.1. The van der Waals surface area contributed by atoms with Gasteiger partial charge in [0.15, 0.2) is 0 Å². The van der Waals surface area contributed by atoms with Crippen LogP contribution in [0.4, 0.5) is 11.4 Å². The first-order valence-electron chi connectivity index (χ1n) is 9.49. The van der Waals surface area contributed by atoms with Crippen LogP contribution in [0.1, 0.15) is 22.8 Å². The number of carbonyl (C=O) groups excluding carboxylic acids is 1. The third-order valence-electron chi connectivity index (χ3n) is 4.83. The fourth-order valence-corrected chi connectivity index (χ4v) is 4.21. The molecule has 3 aromatic carbocycles. The highest BCUT2D eigenvalue weighted by atomic mass is 32.2. The molecule has 0 heterocycles. The molecule has 3 rings (SSSR count). The van der Waals surface area contributed by atoms with Gasteiger partial charge in [-0.2, -0.15) is 0 Å². The molecule has 156 valence electrons. The Balaban J connectivity index is 1.89. The van der Waals surface area contributed by atoms with E-state index in [9.17, 15) is 13.2 Å². The maximum atomic E-state index is 13.1. The number of aryl methyl sites for hydroxylation is 1. The predicted octanol–water partition coefficient (Wildman–Crippen LogP) is 4.34. The predicted molar refractivity (Wildman–Crippen MR) is 119 cm³/mol. The molecule has 6 nitrogen and oxygen atoms in total. The molecular weight excluding hydrogens is 400 g/mol. The monoisotopic (exact) mass is 424 g/mol. The number of nitrogens with one attached hydrogen (secondary N) is 1. The second-order valence-electron chi connectivity index (χ2n) is 6.67. The summed E-state index contributed by atoms with van der Waals surface area (Å²) in [7, 11) is -0.806. The van der Waals surface area contributed by atoms with Crippen molar-refractivity contribution in [2.45, 2.75) is 18.2 Å². The Morgan fingerprint density at radius 2 is 1.60 bits per heavy atom. The lowest BCUT2D eigenvalue weighted by Gasteiger charge is -2.22. The Kier molecular flexibility index (Phi) is 6.42. The van der Waals surface area contributed by atoms with E-state index in [1.165, 1.54) is 7.05 Å². The van der Waals surface area contributed by atoms with Gasteiger partial charge in [-0.25, -0.2) is 8.42 Å². The van der Waals surface area contributed by atoms with Gasteiger partial charge in [0.1, 0.15) is 5.75 Å². The Bertz CT molecular complexity index is 1120. The van der Waals surface area contributed by atoms with Crippen molar-refractivity contribution in [1.29, 1.82) is 0 Å². The summed E-state index contributed by atoms with van der Waals surface area (Å²) in [5.74, 6) is 0.271. The van der Waals surface area contributed by atoms with Crippen LogP contribution in [0, 0.1) is 0 Å². The topological polar surface area (TPSA) is 75.7 Å². The number of carbonyl (C=O) groups is 1. The lowest BCUT2D eigenvalue weighted by Crippen LogP contribution is -2.29. The van der Waals surface area contributed by atoms with E-state index in [1.54, 1.807) is 79.9 Å². The zero-order valence-corrected chi connectivity index (χ0v) is 17.9. The van der Waals surface area contributed by atoms with Crippen LogP contribution in [-0.4, -0.2) is 28.5 Å². The third kappa shape index (κ3) is 4.46. The maximum Gasteiger partial charge on any atom is 0.264 e. The summed E-state index contributed by atoms with van der Waals surface area (Å²) in [5.41, 5.74) is 2.18. The van der Waals surface area contributed by atoms with E-state index in [1.807, 2.05) is 6.92 Å². The van der Waals surface area contributed by atoms with Crippen molar-refractivity contribution >= 4 is 27.3 Å². The van der Waals surface area contributed by atoms with Gasteiger partial charge in [-0.05, 0) is 60.5 Å². The van der Waals surface area contributed by atoms with Crippen molar-refractivity contribution in [3.63, 3.8) is 0 Å². The number of hydrogen-bond donors (Lipinski definition) is 1. The molecule has 1 N–H and O–H groups in total. The van der Waals surface area contributed by atoms with Gasteiger partial charge < -0.3 is 10.1 Å². The lowest BCUT2D eigenvalue weighted by molar-refractivity contribution is 0.102. The Hall–Kier alpha value is -3.32. The summed E-state index contributed by atoms with van der Waals surface area (Å²) in [6.45, 7) is 2.01. The average Bonchev–Trinajstić information content (AvgIpc) is 2.79. The average molecular weight is 425 g/mol. The zero-order chi connectivity index (χ0) is 21.7. The SMILES string of the molecule is CCc1ccc(S(=O)(=O)N(C)c2ccccc2C(=O)Nc2ccc(OC)cc2)cc1. The van der Waals surface area contributed by atoms with Gasteiger partial charge in [-0.1, -0.05) is 31.2 Å². The van der Waals surface area contributed by atoms with Crippen molar-refractivity contribution in [2.24, 2.45) is 0 Å². The van der Waals surface area contributed by atoms with Gasteiger partial charge >= 0.3 is 0 Å². The van der Waals surface area contributed by atoms with E-state index in [-0.39, 0.29) is 10.5 Å². The molecule has 0 radical (unpaired) electrons. The molecule has 0 aromatic heterocycles. The maximum absolute atomic E-state index is 13.1. The molecule has 0 bridgehead atoms. The molecule has 0 spiro atoms. The molecule has 0 saturated heterocycles. The highest BCUT2D eigenvalue weighted by molar-refractivity contribution is 7.92. The highest BCUT2D eigenvalue weighted by Crippen LogP contribution is 2.27. The molecule has 0 aliphatic heterocycles. The summed E-state index contributed by atoms with van der Waals surface area (Å²) in [6, 6.07) is 20.3. The van der Waals surface area contributed by atoms with E-state index in [0.29, 0.717) is 17.1 Å². The van der Waals surface area contributed by atoms with Gasteiger partial charge in [0.05, 0.1) is 23.3 Å². The number of rotatable bonds is 7. The van der Waals surface area contributed by atoms with E-state index in [0.717, 1.165) is 16.3 Å². The first-order valence-corrected chi connectivity index (χ1v) is 10.9.